The molecule has 0 saturated carbocycles. The van der Waals surface area contributed by atoms with Gasteiger partial charge in [-0.15, -0.1) is 0 Å². The normalized spacial score (nSPS) is 22.3. The van der Waals surface area contributed by atoms with Crippen LogP contribution < -0.4 is 5.32 Å². The van der Waals surface area contributed by atoms with E-state index in [-0.39, 0.29) is 6.03 Å². The zero-order valence-corrected chi connectivity index (χ0v) is 14.0. The van der Waals surface area contributed by atoms with E-state index in [1.165, 1.54) is 0 Å². The van der Waals surface area contributed by atoms with Gasteiger partial charge in [-0.2, -0.15) is 0 Å². The van der Waals surface area contributed by atoms with Gasteiger partial charge >= 0.3 is 6.03 Å². The fourth-order valence-corrected chi connectivity index (χ4v) is 3.41. The van der Waals surface area contributed by atoms with Gasteiger partial charge < -0.3 is 9.64 Å². The molecular formula is C17H26N4O2. The Hall–Kier alpha value is -1.66. The zero-order valence-electron chi connectivity index (χ0n) is 14.0. The van der Waals surface area contributed by atoms with Crippen molar-refractivity contribution in [1.82, 2.24) is 14.8 Å². The fourth-order valence-electron chi connectivity index (χ4n) is 3.41. The Morgan fingerprint density at radius 3 is 2.83 bits per heavy atom. The number of likely N-dealkylation sites (tertiary alicyclic amines) is 1. The van der Waals surface area contributed by atoms with E-state index < -0.39 is 0 Å². The smallest absolute Gasteiger partial charge is 0.323 e. The number of carbonyl (C=O) groups is 1. The van der Waals surface area contributed by atoms with Crippen molar-refractivity contribution in [2.45, 2.75) is 20.3 Å². The van der Waals surface area contributed by atoms with Gasteiger partial charge in [0.1, 0.15) is 5.82 Å². The standard InChI is InChI=1S/C17H26N4O2/c1-13-9-14(2)18-16(10-13)19-17(22)21-4-3-15(12-21)11-20-5-7-23-8-6-20/h9-10,15H,3-8,11-12H2,1-2H3,(H,18,19,22)/t15-/m1/s1. The van der Waals surface area contributed by atoms with E-state index in [4.69, 9.17) is 4.74 Å². The summed E-state index contributed by atoms with van der Waals surface area (Å²) in [5, 5.41) is 2.93. The zero-order chi connectivity index (χ0) is 16.2. The number of carbonyl (C=O) groups excluding carboxylic acids is 1. The SMILES string of the molecule is Cc1cc(C)nc(NC(=O)N2CC[C@H](CN3CCOCC3)C2)c1. The molecule has 3 heterocycles. The number of amides is 2. The molecule has 0 aliphatic carbocycles. The van der Waals surface area contributed by atoms with E-state index in [0.29, 0.717) is 11.7 Å². The van der Waals surface area contributed by atoms with Crippen molar-refractivity contribution in [3.05, 3.63) is 23.4 Å². The van der Waals surface area contributed by atoms with Gasteiger partial charge in [0.15, 0.2) is 0 Å². The number of anilines is 1. The maximum absolute atomic E-state index is 12.4. The molecule has 6 heteroatoms. The second-order valence-corrected chi connectivity index (χ2v) is 6.61. The quantitative estimate of drug-likeness (QED) is 0.924. The molecule has 6 nitrogen and oxygen atoms in total. The van der Waals surface area contributed by atoms with Crippen molar-refractivity contribution in [3.8, 4) is 0 Å². The van der Waals surface area contributed by atoms with Crippen molar-refractivity contribution in [3.63, 3.8) is 0 Å². The molecule has 0 bridgehead atoms. The van der Waals surface area contributed by atoms with Crippen LogP contribution in [0.5, 0.6) is 0 Å². The second kappa shape index (κ2) is 7.27. The molecule has 23 heavy (non-hydrogen) atoms. The van der Waals surface area contributed by atoms with E-state index >= 15 is 0 Å². The Labute approximate surface area is 137 Å². The van der Waals surface area contributed by atoms with E-state index in [1.807, 2.05) is 30.9 Å². The lowest BCUT2D eigenvalue weighted by Gasteiger charge is -2.29. The predicted octanol–water partition coefficient (Wildman–Crippen LogP) is 1.88. The van der Waals surface area contributed by atoms with Gasteiger partial charge in [0.25, 0.3) is 0 Å². The fraction of sp³-hybridized carbons (Fsp3) is 0.647. The monoisotopic (exact) mass is 318 g/mol. The highest BCUT2D eigenvalue weighted by atomic mass is 16.5. The van der Waals surface area contributed by atoms with Gasteiger partial charge in [-0.1, -0.05) is 0 Å². The van der Waals surface area contributed by atoms with Gasteiger partial charge in [-0.05, 0) is 43.9 Å². The molecule has 0 spiro atoms. The number of hydrogen-bond donors (Lipinski definition) is 1. The van der Waals surface area contributed by atoms with Crippen LogP contribution in [0, 0.1) is 19.8 Å². The van der Waals surface area contributed by atoms with Crippen LogP contribution in [-0.4, -0.2) is 66.8 Å². The van der Waals surface area contributed by atoms with E-state index in [9.17, 15) is 4.79 Å². The third-order valence-electron chi connectivity index (χ3n) is 4.53. The van der Waals surface area contributed by atoms with Crippen molar-refractivity contribution in [2.24, 2.45) is 5.92 Å². The second-order valence-electron chi connectivity index (χ2n) is 6.61. The summed E-state index contributed by atoms with van der Waals surface area (Å²) >= 11 is 0. The minimum absolute atomic E-state index is 0.0352. The van der Waals surface area contributed by atoms with Gasteiger partial charge in [0.2, 0.25) is 0 Å². The third kappa shape index (κ3) is 4.42. The number of rotatable bonds is 3. The number of nitrogens with zero attached hydrogens (tertiary/aromatic N) is 3. The molecule has 3 rings (SSSR count). The van der Waals surface area contributed by atoms with Gasteiger partial charge in [0.05, 0.1) is 13.2 Å². The topological polar surface area (TPSA) is 57.7 Å². The average molecular weight is 318 g/mol. The van der Waals surface area contributed by atoms with Crippen LogP contribution in [-0.2, 0) is 4.74 Å². The molecule has 1 aromatic heterocycles. The molecule has 0 radical (unpaired) electrons. The molecule has 0 unspecified atom stereocenters. The first-order valence-electron chi connectivity index (χ1n) is 8.41. The van der Waals surface area contributed by atoms with E-state index in [0.717, 1.165) is 63.6 Å². The van der Waals surface area contributed by atoms with Crippen molar-refractivity contribution < 1.29 is 9.53 Å². The lowest BCUT2D eigenvalue weighted by Crippen LogP contribution is -2.40. The maximum Gasteiger partial charge on any atom is 0.323 e. The summed E-state index contributed by atoms with van der Waals surface area (Å²) < 4.78 is 5.39. The molecule has 2 aliphatic rings. The summed E-state index contributed by atoms with van der Waals surface area (Å²) in [4.78, 5) is 21.1. The molecule has 1 N–H and O–H groups in total. The summed E-state index contributed by atoms with van der Waals surface area (Å²) in [5.41, 5.74) is 2.03. The molecule has 1 aromatic rings. The van der Waals surface area contributed by atoms with Crippen molar-refractivity contribution in [1.29, 1.82) is 0 Å². The number of aromatic nitrogens is 1. The molecule has 2 amide bonds. The Morgan fingerprint density at radius 1 is 1.30 bits per heavy atom. The maximum atomic E-state index is 12.4. The van der Waals surface area contributed by atoms with Crippen LogP contribution in [0.3, 0.4) is 0 Å². The summed E-state index contributed by atoms with van der Waals surface area (Å²) in [6, 6.07) is 3.88. The number of morpholine rings is 1. The first kappa shape index (κ1) is 16.2. The van der Waals surface area contributed by atoms with Crippen LogP contribution in [0.15, 0.2) is 12.1 Å². The minimum atomic E-state index is -0.0352. The lowest BCUT2D eigenvalue weighted by atomic mass is 10.1. The molecule has 1 atom stereocenters. The third-order valence-corrected chi connectivity index (χ3v) is 4.53. The van der Waals surface area contributed by atoms with Crippen LogP contribution in [0.1, 0.15) is 17.7 Å². The molecule has 2 aliphatic heterocycles. The summed E-state index contributed by atoms with van der Waals surface area (Å²) in [6.45, 7) is 10.3. The highest BCUT2D eigenvalue weighted by Gasteiger charge is 2.28. The summed E-state index contributed by atoms with van der Waals surface area (Å²) in [6.07, 6.45) is 1.07. The molecular weight excluding hydrogens is 292 g/mol. The minimum Gasteiger partial charge on any atom is -0.379 e. The van der Waals surface area contributed by atoms with Crippen LogP contribution in [0.4, 0.5) is 10.6 Å². The van der Waals surface area contributed by atoms with Crippen molar-refractivity contribution in [2.75, 3.05) is 51.3 Å². The Balaban J connectivity index is 1.50. The summed E-state index contributed by atoms with van der Waals surface area (Å²) in [5.74, 6) is 1.20. The van der Waals surface area contributed by atoms with Crippen molar-refractivity contribution >= 4 is 11.8 Å². The Morgan fingerprint density at radius 2 is 2.09 bits per heavy atom. The average Bonchev–Trinajstić information content (AvgIpc) is 2.96. The largest absolute Gasteiger partial charge is 0.379 e. The molecule has 0 aromatic carbocycles. The highest BCUT2D eigenvalue weighted by Crippen LogP contribution is 2.19. The van der Waals surface area contributed by atoms with E-state index in [1.54, 1.807) is 0 Å². The number of urea groups is 1. The van der Waals surface area contributed by atoms with E-state index in [2.05, 4.69) is 15.2 Å². The van der Waals surface area contributed by atoms with Gasteiger partial charge in [-0.3, -0.25) is 10.2 Å². The van der Waals surface area contributed by atoms with Gasteiger partial charge in [-0.25, -0.2) is 9.78 Å². The molecule has 126 valence electrons. The Bertz CT molecular complexity index is 537. The van der Waals surface area contributed by atoms with Gasteiger partial charge in [0, 0.05) is 38.4 Å². The number of pyridine rings is 1. The summed E-state index contributed by atoms with van der Waals surface area (Å²) in [7, 11) is 0. The molecule has 2 saturated heterocycles. The van der Waals surface area contributed by atoms with Crippen LogP contribution in [0.25, 0.3) is 0 Å². The van der Waals surface area contributed by atoms with Crippen LogP contribution in [0.2, 0.25) is 0 Å². The first-order chi connectivity index (χ1) is 11.1. The Kier molecular flexibility index (Phi) is 5.13. The lowest BCUT2D eigenvalue weighted by molar-refractivity contribution is 0.0314. The molecule has 2 fully saturated rings. The predicted molar refractivity (Wildman–Crippen MR) is 89.7 cm³/mol. The number of aryl methyl sites for hydroxylation is 2. The highest BCUT2D eigenvalue weighted by molar-refractivity contribution is 5.88. The number of nitrogens with one attached hydrogen (secondary N) is 1. The number of hydrogen-bond acceptors (Lipinski definition) is 4. The number of ether oxygens (including phenoxy) is 1. The first-order valence-corrected chi connectivity index (χ1v) is 8.41. The van der Waals surface area contributed by atoms with Crippen LogP contribution >= 0.6 is 0 Å².